The molecule has 1 N–H and O–H groups in total. The maximum Gasteiger partial charge on any atom is 0.248 e. The van der Waals surface area contributed by atoms with Gasteiger partial charge in [0.15, 0.2) is 0 Å². The molecule has 0 aromatic rings. The Hall–Kier alpha value is -1.71. The maximum atomic E-state index is 14.2. The fraction of sp³-hybridized carbons (Fsp3) is 0.741. The number of alkyl halides is 1. The minimum atomic E-state index is -1.12. The SMILES string of the molecule is C=CCN(CCCC)C(=O)C1N([C@@H](CC)CO)C(=O)[C@@H]2[C@H](C(=O)N(CC=C)CCC)[C@H]3OC12CC3Br. The predicted molar refractivity (Wildman–Crippen MR) is 142 cm³/mol. The number of hydrogen-bond acceptors (Lipinski definition) is 5. The van der Waals surface area contributed by atoms with Gasteiger partial charge in [-0.25, -0.2) is 0 Å². The molecule has 2 bridgehead atoms. The van der Waals surface area contributed by atoms with Crippen LogP contribution in [0.3, 0.4) is 0 Å². The third-order valence-corrected chi connectivity index (χ3v) is 8.76. The standard InChI is InChI=1S/C27H42BrN3O5/c1-6-11-15-30(14-9-4)26(35)23-27-16-19(28)22(36-27)20(24(33)29(12-7-2)13-8-3)21(27)25(34)31(23)18(10-5)17-32/h7,9,18-23,32H,2,4,6,8,10-17H2,1,3,5H3/t18-,19?,20-,21-,22-,23?,27?/m0/s1. The zero-order valence-corrected chi connectivity index (χ0v) is 23.5. The monoisotopic (exact) mass is 567 g/mol. The van der Waals surface area contributed by atoms with Crippen molar-refractivity contribution in [1.82, 2.24) is 14.7 Å². The normalized spacial score (nSPS) is 31.3. The molecule has 0 aromatic heterocycles. The highest BCUT2D eigenvalue weighted by Gasteiger charge is 2.77. The van der Waals surface area contributed by atoms with Crippen molar-refractivity contribution in [2.24, 2.45) is 11.8 Å². The number of hydrogen-bond donors (Lipinski definition) is 1. The minimum Gasteiger partial charge on any atom is -0.394 e. The Balaban J connectivity index is 2.10. The van der Waals surface area contributed by atoms with E-state index in [0.29, 0.717) is 39.0 Å². The molecule has 8 nitrogen and oxygen atoms in total. The first-order valence-corrected chi connectivity index (χ1v) is 14.2. The van der Waals surface area contributed by atoms with Gasteiger partial charge in [0.05, 0.1) is 30.6 Å². The van der Waals surface area contributed by atoms with Gasteiger partial charge in [-0.2, -0.15) is 0 Å². The number of rotatable bonds is 14. The average Bonchev–Trinajstić information content (AvgIpc) is 3.45. The number of unbranched alkanes of at least 4 members (excludes halogenated alkanes) is 1. The Morgan fingerprint density at radius 1 is 1.17 bits per heavy atom. The molecule has 3 amide bonds. The van der Waals surface area contributed by atoms with Crippen LogP contribution in [0.1, 0.15) is 52.9 Å². The number of aliphatic hydroxyl groups is 1. The van der Waals surface area contributed by atoms with Crippen LogP contribution < -0.4 is 0 Å². The molecule has 0 aromatic carbocycles. The van der Waals surface area contributed by atoms with Gasteiger partial charge in [-0.1, -0.05) is 55.3 Å². The summed E-state index contributed by atoms with van der Waals surface area (Å²) in [7, 11) is 0. The lowest BCUT2D eigenvalue weighted by molar-refractivity contribution is -0.151. The number of aliphatic hydroxyl groups excluding tert-OH is 1. The lowest BCUT2D eigenvalue weighted by atomic mass is 9.70. The summed E-state index contributed by atoms with van der Waals surface area (Å²) in [6, 6.07) is -1.43. The number of carbonyl (C=O) groups is 3. The van der Waals surface area contributed by atoms with E-state index in [1.807, 2.05) is 13.8 Å². The van der Waals surface area contributed by atoms with Crippen molar-refractivity contribution >= 4 is 33.7 Å². The van der Waals surface area contributed by atoms with Crippen LogP contribution in [0, 0.1) is 11.8 Å². The molecule has 1 spiro atoms. The second-order valence-electron chi connectivity index (χ2n) is 10.2. The highest BCUT2D eigenvalue weighted by molar-refractivity contribution is 9.09. The van der Waals surface area contributed by atoms with Gasteiger partial charge in [0.1, 0.15) is 11.6 Å². The van der Waals surface area contributed by atoms with Gasteiger partial charge in [-0.3, -0.25) is 14.4 Å². The molecule has 3 unspecified atom stereocenters. The Bertz CT molecular complexity index is 849. The fourth-order valence-corrected chi connectivity index (χ4v) is 7.28. The molecule has 9 heteroatoms. The third-order valence-electron chi connectivity index (χ3n) is 7.92. The van der Waals surface area contributed by atoms with E-state index in [9.17, 15) is 19.5 Å². The van der Waals surface area contributed by atoms with E-state index in [1.54, 1.807) is 26.9 Å². The van der Waals surface area contributed by atoms with Gasteiger partial charge in [0.25, 0.3) is 0 Å². The summed E-state index contributed by atoms with van der Waals surface area (Å²) in [5.41, 5.74) is -1.12. The van der Waals surface area contributed by atoms with Crippen LogP contribution in [0.15, 0.2) is 25.3 Å². The van der Waals surface area contributed by atoms with Crippen LogP contribution in [0.25, 0.3) is 0 Å². The van der Waals surface area contributed by atoms with Gasteiger partial charge in [-0.15, -0.1) is 13.2 Å². The van der Waals surface area contributed by atoms with Crippen molar-refractivity contribution in [3.8, 4) is 0 Å². The molecule has 3 aliphatic rings. The van der Waals surface area contributed by atoms with Crippen LogP contribution >= 0.6 is 15.9 Å². The van der Waals surface area contributed by atoms with E-state index in [2.05, 4.69) is 36.0 Å². The maximum absolute atomic E-state index is 14.2. The molecule has 3 fully saturated rings. The first-order chi connectivity index (χ1) is 17.3. The van der Waals surface area contributed by atoms with E-state index in [4.69, 9.17) is 4.74 Å². The lowest BCUT2D eigenvalue weighted by Crippen LogP contribution is -2.59. The Morgan fingerprint density at radius 3 is 2.33 bits per heavy atom. The summed E-state index contributed by atoms with van der Waals surface area (Å²) in [5.74, 6) is -2.05. The fourth-order valence-electron chi connectivity index (χ4n) is 6.33. The summed E-state index contributed by atoms with van der Waals surface area (Å²) in [6.07, 6.45) is 6.36. The zero-order valence-electron chi connectivity index (χ0n) is 21.9. The number of amides is 3. The number of fused-ring (bicyclic) bond motifs is 1. The lowest BCUT2D eigenvalue weighted by Gasteiger charge is -2.39. The molecule has 7 atom stereocenters. The molecule has 3 aliphatic heterocycles. The van der Waals surface area contributed by atoms with Gasteiger partial charge in [0.2, 0.25) is 17.7 Å². The van der Waals surface area contributed by atoms with Gasteiger partial charge < -0.3 is 24.5 Å². The third kappa shape index (κ3) is 4.78. The molecule has 0 saturated carbocycles. The Kier molecular flexibility index (Phi) is 9.80. The van der Waals surface area contributed by atoms with Crippen LogP contribution in [0.2, 0.25) is 0 Å². The van der Waals surface area contributed by atoms with Crippen molar-refractivity contribution in [3.05, 3.63) is 25.3 Å². The topological polar surface area (TPSA) is 90.4 Å². The van der Waals surface area contributed by atoms with Gasteiger partial charge in [-0.05, 0) is 25.7 Å². The molecule has 3 saturated heterocycles. The number of halogens is 1. The number of nitrogens with zero attached hydrogens (tertiary/aromatic N) is 3. The second-order valence-corrected chi connectivity index (χ2v) is 11.3. The first kappa shape index (κ1) is 28.9. The quantitative estimate of drug-likeness (QED) is 0.257. The number of ether oxygens (including phenoxy) is 1. The van der Waals surface area contributed by atoms with Crippen molar-refractivity contribution in [2.75, 3.05) is 32.8 Å². The summed E-state index contributed by atoms with van der Waals surface area (Å²) in [4.78, 5) is 47.0. The average molecular weight is 569 g/mol. The first-order valence-electron chi connectivity index (χ1n) is 13.3. The molecule has 0 aliphatic carbocycles. The Labute approximate surface area is 223 Å². The van der Waals surface area contributed by atoms with Crippen molar-refractivity contribution in [1.29, 1.82) is 0 Å². The van der Waals surface area contributed by atoms with Crippen LogP contribution in [-0.4, -0.2) is 98.9 Å². The van der Waals surface area contributed by atoms with E-state index in [-0.39, 0.29) is 29.2 Å². The van der Waals surface area contributed by atoms with Gasteiger partial charge in [0, 0.05) is 31.0 Å². The molecule has 0 radical (unpaired) electrons. The van der Waals surface area contributed by atoms with Crippen molar-refractivity contribution < 1.29 is 24.2 Å². The smallest absolute Gasteiger partial charge is 0.248 e. The summed E-state index contributed by atoms with van der Waals surface area (Å²) in [5, 5.41) is 10.2. The van der Waals surface area contributed by atoms with E-state index < -0.39 is 35.6 Å². The largest absolute Gasteiger partial charge is 0.394 e. The minimum absolute atomic E-state index is 0.134. The molecular weight excluding hydrogens is 526 g/mol. The summed E-state index contributed by atoms with van der Waals surface area (Å²) >= 11 is 3.72. The zero-order chi connectivity index (χ0) is 26.6. The van der Waals surface area contributed by atoms with Crippen molar-refractivity contribution in [3.63, 3.8) is 0 Å². The highest BCUT2D eigenvalue weighted by Crippen LogP contribution is 2.60. The van der Waals surface area contributed by atoms with Crippen LogP contribution in [0.5, 0.6) is 0 Å². The number of carbonyl (C=O) groups excluding carboxylic acids is 3. The van der Waals surface area contributed by atoms with Crippen LogP contribution in [-0.2, 0) is 19.1 Å². The summed E-state index contributed by atoms with van der Waals surface area (Å²) < 4.78 is 6.61. The van der Waals surface area contributed by atoms with Crippen molar-refractivity contribution in [2.45, 2.75) is 81.5 Å². The van der Waals surface area contributed by atoms with Gasteiger partial charge >= 0.3 is 0 Å². The molecular formula is C27H42BrN3O5. The van der Waals surface area contributed by atoms with Crippen LogP contribution in [0.4, 0.5) is 0 Å². The highest BCUT2D eigenvalue weighted by atomic mass is 79.9. The molecule has 36 heavy (non-hydrogen) atoms. The molecule has 202 valence electrons. The molecule has 3 heterocycles. The molecule has 3 rings (SSSR count). The predicted octanol–water partition coefficient (Wildman–Crippen LogP) is 2.74. The van der Waals surface area contributed by atoms with E-state index in [1.165, 1.54) is 0 Å². The van der Waals surface area contributed by atoms with E-state index >= 15 is 0 Å². The summed E-state index contributed by atoms with van der Waals surface area (Å²) in [6.45, 7) is 15.2. The second kappa shape index (κ2) is 12.2. The number of likely N-dealkylation sites (tertiary alicyclic amines) is 1. The Morgan fingerprint density at radius 2 is 1.81 bits per heavy atom. The van der Waals surface area contributed by atoms with E-state index in [0.717, 1.165) is 19.3 Å².